The molecule has 3 rings (SSSR count). The zero-order valence-corrected chi connectivity index (χ0v) is 15.5. The van der Waals surface area contributed by atoms with Crippen LogP contribution in [0.4, 0.5) is 5.95 Å². The lowest BCUT2D eigenvalue weighted by atomic mass is 10.3. The molecule has 1 amide bonds. The number of thiophene rings is 1. The van der Waals surface area contributed by atoms with Crippen LogP contribution in [0.1, 0.15) is 10.4 Å². The molecule has 2 aromatic heterocycles. The fourth-order valence-electron chi connectivity index (χ4n) is 2.42. The first kappa shape index (κ1) is 17.2. The highest BCUT2D eigenvalue weighted by molar-refractivity contribution is 7.99. The molecule has 3 heterocycles. The Bertz CT molecular complexity index is 694. The van der Waals surface area contributed by atoms with Crippen molar-refractivity contribution in [2.24, 2.45) is 7.05 Å². The zero-order chi connectivity index (χ0) is 16.9. The van der Waals surface area contributed by atoms with Crippen LogP contribution in [0.5, 0.6) is 0 Å². The van der Waals surface area contributed by atoms with Gasteiger partial charge in [0.05, 0.1) is 25.5 Å². The minimum atomic E-state index is 0.00345. The van der Waals surface area contributed by atoms with Crippen LogP contribution >= 0.6 is 23.1 Å². The van der Waals surface area contributed by atoms with Gasteiger partial charge in [0.15, 0.2) is 5.16 Å². The van der Waals surface area contributed by atoms with E-state index in [1.54, 1.807) is 11.3 Å². The molecule has 0 bridgehead atoms. The number of hydrogen-bond acceptors (Lipinski definition) is 7. The van der Waals surface area contributed by atoms with E-state index in [4.69, 9.17) is 4.74 Å². The van der Waals surface area contributed by atoms with Gasteiger partial charge >= 0.3 is 0 Å². The average molecular weight is 368 g/mol. The van der Waals surface area contributed by atoms with Crippen LogP contribution in [0.2, 0.25) is 0 Å². The van der Waals surface area contributed by atoms with Crippen LogP contribution in [0.3, 0.4) is 0 Å². The van der Waals surface area contributed by atoms with Gasteiger partial charge in [-0.05, 0) is 23.9 Å². The van der Waals surface area contributed by atoms with Gasteiger partial charge in [-0.1, -0.05) is 11.8 Å². The number of rotatable bonds is 6. The molecule has 0 atom stereocenters. The molecule has 0 aromatic carbocycles. The summed E-state index contributed by atoms with van der Waals surface area (Å²) < 4.78 is 7.29. The monoisotopic (exact) mass is 367 g/mol. The number of nitrogens with one attached hydrogen (secondary N) is 1. The van der Waals surface area contributed by atoms with Gasteiger partial charge in [-0.3, -0.25) is 9.36 Å². The number of anilines is 1. The molecule has 0 saturated carbocycles. The second-order valence-electron chi connectivity index (χ2n) is 5.53. The molecule has 9 heteroatoms. The first-order chi connectivity index (χ1) is 11.6. The number of aromatic nitrogens is 3. The van der Waals surface area contributed by atoms with Crippen LogP contribution in [0, 0.1) is 6.92 Å². The van der Waals surface area contributed by atoms with Crippen molar-refractivity contribution >= 4 is 35.0 Å². The van der Waals surface area contributed by atoms with E-state index in [1.807, 2.05) is 17.0 Å². The van der Waals surface area contributed by atoms with Crippen molar-refractivity contribution in [2.75, 3.05) is 37.0 Å². The number of aryl methyl sites for hydroxylation is 1. The van der Waals surface area contributed by atoms with E-state index < -0.39 is 0 Å². The van der Waals surface area contributed by atoms with Gasteiger partial charge in [0.25, 0.3) is 0 Å². The molecule has 1 fully saturated rings. The Morgan fingerprint density at radius 3 is 2.92 bits per heavy atom. The summed E-state index contributed by atoms with van der Waals surface area (Å²) in [4.78, 5) is 15.4. The van der Waals surface area contributed by atoms with Crippen LogP contribution in [0.25, 0.3) is 0 Å². The fraction of sp³-hybridized carbons (Fsp3) is 0.533. The van der Waals surface area contributed by atoms with Crippen LogP contribution < -0.4 is 10.2 Å². The molecule has 0 spiro atoms. The number of ether oxygens (including phenoxy) is 1. The average Bonchev–Trinajstić information content (AvgIpc) is 3.17. The number of nitrogens with zero attached hydrogens (tertiary/aromatic N) is 4. The summed E-state index contributed by atoms with van der Waals surface area (Å²) in [7, 11) is 1.93. The Balaban J connectivity index is 1.50. The Morgan fingerprint density at radius 1 is 1.42 bits per heavy atom. The van der Waals surface area contributed by atoms with Crippen LogP contribution in [-0.2, 0) is 23.1 Å². The van der Waals surface area contributed by atoms with E-state index in [2.05, 4.69) is 33.4 Å². The van der Waals surface area contributed by atoms with Crippen molar-refractivity contribution in [1.82, 2.24) is 20.1 Å². The number of amides is 1. The van der Waals surface area contributed by atoms with E-state index in [9.17, 15) is 4.79 Å². The maximum atomic E-state index is 12.0. The molecule has 0 radical (unpaired) electrons. The minimum absolute atomic E-state index is 0.00345. The van der Waals surface area contributed by atoms with E-state index in [0.717, 1.165) is 24.2 Å². The highest BCUT2D eigenvalue weighted by Gasteiger charge is 2.19. The maximum Gasteiger partial charge on any atom is 0.230 e. The molecule has 1 N–H and O–H groups in total. The summed E-state index contributed by atoms with van der Waals surface area (Å²) in [5, 5.41) is 14.2. The molecule has 2 aromatic rings. The number of thioether (sulfide) groups is 1. The highest BCUT2D eigenvalue weighted by atomic mass is 32.2. The summed E-state index contributed by atoms with van der Waals surface area (Å²) in [5.41, 5.74) is 1.22. The normalized spacial score (nSPS) is 14.8. The Morgan fingerprint density at radius 2 is 2.21 bits per heavy atom. The van der Waals surface area contributed by atoms with Crippen molar-refractivity contribution < 1.29 is 9.53 Å². The molecule has 1 saturated heterocycles. The van der Waals surface area contributed by atoms with E-state index >= 15 is 0 Å². The van der Waals surface area contributed by atoms with Gasteiger partial charge in [-0.2, -0.15) is 0 Å². The van der Waals surface area contributed by atoms with Crippen molar-refractivity contribution in [3.8, 4) is 0 Å². The third-order valence-electron chi connectivity index (χ3n) is 3.85. The summed E-state index contributed by atoms with van der Waals surface area (Å²) >= 11 is 3.07. The molecular formula is C15H21N5O2S2. The van der Waals surface area contributed by atoms with E-state index in [-0.39, 0.29) is 5.91 Å². The predicted octanol–water partition coefficient (Wildman–Crippen LogP) is 1.43. The Kier molecular flexibility index (Phi) is 5.75. The number of hydrogen-bond donors (Lipinski definition) is 1. The van der Waals surface area contributed by atoms with Gasteiger partial charge in [0, 0.05) is 25.0 Å². The standard InChI is InChI=1S/C15H21N5O2S2/c1-11-3-8-23-12(11)9-16-13(21)10-24-15-18-17-14(19(15)2)20-4-6-22-7-5-20/h3,8H,4-7,9-10H2,1-2H3,(H,16,21). The van der Waals surface area contributed by atoms with Crippen LogP contribution in [0.15, 0.2) is 16.6 Å². The summed E-state index contributed by atoms with van der Waals surface area (Å²) in [6.45, 7) is 5.69. The highest BCUT2D eigenvalue weighted by Crippen LogP contribution is 2.21. The second-order valence-corrected chi connectivity index (χ2v) is 7.48. The molecule has 7 nitrogen and oxygen atoms in total. The predicted molar refractivity (Wildman–Crippen MR) is 95.7 cm³/mol. The molecule has 1 aliphatic rings. The number of morpholine rings is 1. The summed E-state index contributed by atoms with van der Waals surface area (Å²) in [6.07, 6.45) is 0. The molecular weight excluding hydrogens is 346 g/mol. The SMILES string of the molecule is Cc1ccsc1CNC(=O)CSc1nnc(N2CCOCC2)n1C. The number of carbonyl (C=O) groups excluding carboxylic acids is 1. The molecule has 0 aliphatic carbocycles. The Labute approximate surface area is 149 Å². The van der Waals surface area contributed by atoms with Crippen LogP contribution in [-0.4, -0.2) is 52.7 Å². The van der Waals surface area contributed by atoms with Crippen molar-refractivity contribution in [2.45, 2.75) is 18.6 Å². The van der Waals surface area contributed by atoms with E-state index in [0.29, 0.717) is 25.5 Å². The first-order valence-corrected chi connectivity index (χ1v) is 9.66. The van der Waals surface area contributed by atoms with Crippen molar-refractivity contribution in [3.05, 3.63) is 21.9 Å². The number of carbonyl (C=O) groups is 1. The van der Waals surface area contributed by atoms with Gasteiger partial charge in [-0.25, -0.2) is 0 Å². The molecule has 0 unspecified atom stereocenters. The quantitative estimate of drug-likeness (QED) is 0.779. The molecule has 24 heavy (non-hydrogen) atoms. The largest absolute Gasteiger partial charge is 0.378 e. The smallest absolute Gasteiger partial charge is 0.230 e. The van der Waals surface area contributed by atoms with Crippen molar-refractivity contribution in [1.29, 1.82) is 0 Å². The topological polar surface area (TPSA) is 72.3 Å². The van der Waals surface area contributed by atoms with Gasteiger partial charge < -0.3 is 15.0 Å². The maximum absolute atomic E-state index is 12.0. The lowest BCUT2D eigenvalue weighted by Crippen LogP contribution is -2.37. The van der Waals surface area contributed by atoms with Crippen molar-refractivity contribution in [3.63, 3.8) is 0 Å². The lowest BCUT2D eigenvalue weighted by Gasteiger charge is -2.27. The second kappa shape index (κ2) is 8.00. The third kappa shape index (κ3) is 4.08. The fourth-order valence-corrected chi connectivity index (χ4v) is 4.00. The minimum Gasteiger partial charge on any atom is -0.378 e. The van der Waals surface area contributed by atoms with Gasteiger partial charge in [0.1, 0.15) is 0 Å². The molecule has 130 valence electrons. The zero-order valence-electron chi connectivity index (χ0n) is 13.8. The van der Waals surface area contributed by atoms with Gasteiger partial charge in [0.2, 0.25) is 11.9 Å². The molecule has 1 aliphatic heterocycles. The van der Waals surface area contributed by atoms with Gasteiger partial charge in [-0.15, -0.1) is 21.5 Å². The lowest BCUT2D eigenvalue weighted by molar-refractivity contribution is -0.118. The summed E-state index contributed by atoms with van der Waals surface area (Å²) in [6, 6.07) is 2.06. The first-order valence-electron chi connectivity index (χ1n) is 7.79. The Hall–Kier alpha value is -1.58. The summed E-state index contributed by atoms with van der Waals surface area (Å²) in [5.74, 6) is 1.17. The van der Waals surface area contributed by atoms with E-state index in [1.165, 1.54) is 22.2 Å². The third-order valence-corrected chi connectivity index (χ3v) is 5.90.